The highest BCUT2D eigenvalue weighted by atomic mass is 16.2. The molecular weight excluding hydrogens is 424 g/mol. The van der Waals surface area contributed by atoms with Crippen LogP contribution in [0, 0.1) is 0 Å². The van der Waals surface area contributed by atoms with Gasteiger partial charge < -0.3 is 14.8 Å². The number of anilines is 1. The predicted molar refractivity (Wildman–Crippen MR) is 133 cm³/mol. The zero-order valence-corrected chi connectivity index (χ0v) is 19.4. The van der Waals surface area contributed by atoms with Crippen LogP contribution in [0.2, 0.25) is 0 Å². The van der Waals surface area contributed by atoms with Crippen LogP contribution in [-0.2, 0) is 22.6 Å². The van der Waals surface area contributed by atoms with Crippen molar-refractivity contribution in [2.45, 2.75) is 45.3 Å². The molecule has 0 saturated heterocycles. The molecule has 2 atom stereocenters. The number of aryl methyl sites for hydroxylation is 1. The molecule has 172 valence electrons. The Hall–Kier alpha value is -3.93. The van der Waals surface area contributed by atoms with Gasteiger partial charge in [-0.1, -0.05) is 61.5 Å². The smallest absolute Gasteiger partial charge is 0.247 e. The molecule has 34 heavy (non-hydrogen) atoms. The first-order chi connectivity index (χ1) is 16.5. The van der Waals surface area contributed by atoms with Crippen molar-refractivity contribution >= 4 is 28.5 Å². The van der Waals surface area contributed by atoms with Gasteiger partial charge in [-0.15, -0.1) is 0 Å². The first kappa shape index (κ1) is 21.9. The number of benzene rings is 3. The van der Waals surface area contributed by atoms with E-state index in [1.54, 1.807) is 0 Å². The Morgan fingerprint density at radius 2 is 1.71 bits per heavy atom. The maximum atomic E-state index is 13.8. The zero-order valence-electron chi connectivity index (χ0n) is 19.4. The van der Waals surface area contributed by atoms with Gasteiger partial charge in [0.25, 0.3) is 0 Å². The Balaban J connectivity index is 1.49. The number of carbonyl (C=O) groups excluding carboxylic acids is 2. The monoisotopic (exact) mass is 452 g/mol. The minimum Gasteiger partial charge on any atom is -0.327 e. The van der Waals surface area contributed by atoms with Crippen LogP contribution in [0.25, 0.3) is 11.0 Å². The minimum atomic E-state index is -0.656. The summed E-state index contributed by atoms with van der Waals surface area (Å²) in [6.45, 7) is 4.56. The van der Waals surface area contributed by atoms with Gasteiger partial charge in [0.1, 0.15) is 11.9 Å². The zero-order chi connectivity index (χ0) is 23.7. The molecule has 6 nitrogen and oxygen atoms in total. The van der Waals surface area contributed by atoms with E-state index in [1.807, 2.05) is 95.3 Å². The van der Waals surface area contributed by atoms with E-state index in [0.29, 0.717) is 6.54 Å². The van der Waals surface area contributed by atoms with Gasteiger partial charge in [-0.3, -0.25) is 9.59 Å². The Kier molecular flexibility index (Phi) is 5.88. The molecule has 3 aromatic carbocycles. The fourth-order valence-corrected chi connectivity index (χ4v) is 4.75. The summed E-state index contributed by atoms with van der Waals surface area (Å²) in [7, 11) is 0. The van der Waals surface area contributed by atoms with Crippen LogP contribution < -0.4 is 5.32 Å². The van der Waals surface area contributed by atoms with Crippen LogP contribution in [0.4, 0.5) is 5.69 Å². The number of para-hydroxylation sites is 2. The van der Waals surface area contributed by atoms with Crippen molar-refractivity contribution in [2.24, 2.45) is 0 Å². The molecule has 4 aromatic rings. The summed E-state index contributed by atoms with van der Waals surface area (Å²) in [6, 6.07) is 24.7. The van der Waals surface area contributed by atoms with E-state index in [9.17, 15) is 9.59 Å². The fourth-order valence-electron chi connectivity index (χ4n) is 4.75. The summed E-state index contributed by atoms with van der Waals surface area (Å²) >= 11 is 0. The van der Waals surface area contributed by atoms with Gasteiger partial charge in [-0.25, -0.2) is 4.98 Å². The predicted octanol–water partition coefficient (Wildman–Crippen LogP) is 5.27. The number of rotatable bonds is 6. The highest BCUT2D eigenvalue weighted by Gasteiger charge is 2.40. The van der Waals surface area contributed by atoms with Gasteiger partial charge in [0, 0.05) is 12.2 Å². The molecule has 5 rings (SSSR count). The van der Waals surface area contributed by atoms with Crippen molar-refractivity contribution in [3.63, 3.8) is 0 Å². The minimum absolute atomic E-state index is 0.0422. The topological polar surface area (TPSA) is 67.2 Å². The van der Waals surface area contributed by atoms with E-state index in [4.69, 9.17) is 4.98 Å². The van der Waals surface area contributed by atoms with Gasteiger partial charge in [0.15, 0.2) is 0 Å². The fraction of sp³-hybridized carbons (Fsp3) is 0.250. The largest absolute Gasteiger partial charge is 0.327 e. The highest BCUT2D eigenvalue weighted by molar-refractivity contribution is 5.96. The van der Waals surface area contributed by atoms with E-state index < -0.39 is 6.04 Å². The summed E-state index contributed by atoms with van der Waals surface area (Å²) in [5.41, 5.74) is 4.66. The molecule has 1 aliphatic heterocycles. The molecule has 0 spiro atoms. The number of aromatic nitrogens is 2. The number of nitrogens with one attached hydrogen (secondary N) is 1. The highest BCUT2D eigenvalue weighted by Crippen LogP contribution is 2.37. The molecule has 2 heterocycles. The third kappa shape index (κ3) is 4.07. The number of amides is 2. The molecule has 6 heteroatoms. The molecule has 0 unspecified atom stereocenters. The molecule has 2 amide bonds. The van der Waals surface area contributed by atoms with Crippen LogP contribution in [-0.4, -0.2) is 26.3 Å². The lowest BCUT2D eigenvalue weighted by Gasteiger charge is -2.38. The second-order valence-electron chi connectivity index (χ2n) is 8.78. The summed E-state index contributed by atoms with van der Waals surface area (Å²) < 4.78 is 1.96. The third-order valence-corrected chi connectivity index (χ3v) is 6.54. The number of nitrogens with zero attached hydrogens (tertiary/aromatic N) is 3. The maximum Gasteiger partial charge on any atom is 0.247 e. The van der Waals surface area contributed by atoms with E-state index in [1.165, 1.54) is 0 Å². The lowest BCUT2D eigenvalue weighted by Crippen LogP contribution is -2.45. The van der Waals surface area contributed by atoms with Crippen LogP contribution in [0.1, 0.15) is 49.3 Å². The van der Waals surface area contributed by atoms with Crippen LogP contribution in [0.15, 0.2) is 78.9 Å². The molecular formula is C28H28N4O2. The van der Waals surface area contributed by atoms with Gasteiger partial charge in [-0.2, -0.15) is 0 Å². The lowest BCUT2D eigenvalue weighted by molar-refractivity contribution is -0.142. The van der Waals surface area contributed by atoms with E-state index in [-0.39, 0.29) is 24.3 Å². The first-order valence-corrected chi connectivity index (χ1v) is 11.7. The second kappa shape index (κ2) is 9.14. The average Bonchev–Trinajstić information content (AvgIpc) is 3.25. The van der Waals surface area contributed by atoms with Crippen molar-refractivity contribution in [2.75, 3.05) is 5.32 Å². The molecule has 0 fully saturated rings. The van der Waals surface area contributed by atoms with Crippen molar-refractivity contribution in [3.8, 4) is 0 Å². The molecule has 1 N–H and O–H groups in total. The second-order valence-corrected chi connectivity index (χ2v) is 8.78. The van der Waals surface area contributed by atoms with Crippen LogP contribution in [0.5, 0.6) is 0 Å². The van der Waals surface area contributed by atoms with Crippen LogP contribution in [0.3, 0.4) is 0 Å². The lowest BCUT2D eigenvalue weighted by atomic mass is 10.0. The Labute approximate surface area is 199 Å². The van der Waals surface area contributed by atoms with Crippen molar-refractivity contribution in [1.29, 1.82) is 0 Å². The molecule has 0 bridgehead atoms. The number of hydrogen-bond donors (Lipinski definition) is 1. The Morgan fingerprint density at radius 3 is 2.50 bits per heavy atom. The maximum absolute atomic E-state index is 13.8. The molecule has 1 aromatic heterocycles. The summed E-state index contributed by atoms with van der Waals surface area (Å²) in [5, 5.41) is 2.99. The molecule has 0 radical (unpaired) electrons. The van der Waals surface area contributed by atoms with E-state index in [2.05, 4.69) is 12.2 Å². The summed E-state index contributed by atoms with van der Waals surface area (Å²) in [4.78, 5) is 33.7. The molecule has 1 aliphatic rings. The van der Waals surface area contributed by atoms with Gasteiger partial charge in [0.05, 0.1) is 23.5 Å². The summed E-state index contributed by atoms with van der Waals surface area (Å²) in [6.07, 6.45) is 0.933. The van der Waals surface area contributed by atoms with Crippen molar-refractivity contribution in [1.82, 2.24) is 14.5 Å². The average molecular weight is 453 g/mol. The third-order valence-electron chi connectivity index (χ3n) is 6.54. The molecule has 0 aliphatic carbocycles. The van der Waals surface area contributed by atoms with Gasteiger partial charge >= 0.3 is 0 Å². The van der Waals surface area contributed by atoms with Crippen molar-refractivity contribution < 1.29 is 9.59 Å². The van der Waals surface area contributed by atoms with E-state index in [0.717, 1.165) is 40.1 Å². The van der Waals surface area contributed by atoms with Gasteiger partial charge in [-0.05, 0) is 48.7 Å². The number of carbonyl (C=O) groups is 2. The standard InChI is InChI=1S/C28H28N4O2/c1-3-20-12-9-13-22(16-20)29-26(33)17-25-28(34)31(18-21-10-5-4-6-11-21)19(2)27-30-23-14-7-8-15-24(23)32(25)27/h4-16,19,25H,3,17-18H2,1-2H3,(H,29,33)/t19-,25+/m0/s1. The Morgan fingerprint density at radius 1 is 0.971 bits per heavy atom. The number of imidazole rings is 1. The quantitative estimate of drug-likeness (QED) is 0.433. The van der Waals surface area contributed by atoms with E-state index >= 15 is 0 Å². The Bertz CT molecular complexity index is 1350. The number of hydrogen-bond acceptors (Lipinski definition) is 3. The SMILES string of the molecule is CCc1cccc(NC(=O)C[C@@H]2C(=O)N(Cc3ccccc3)[C@@H](C)c3nc4ccccc4n32)c1. The number of fused-ring (bicyclic) bond motifs is 3. The van der Waals surface area contributed by atoms with Gasteiger partial charge in [0.2, 0.25) is 11.8 Å². The first-order valence-electron chi connectivity index (χ1n) is 11.7. The normalized spacial score (nSPS) is 17.6. The van der Waals surface area contributed by atoms with Crippen LogP contribution >= 0.6 is 0 Å². The molecule has 0 saturated carbocycles. The van der Waals surface area contributed by atoms with Crippen molar-refractivity contribution in [3.05, 3.63) is 95.8 Å². The summed E-state index contributed by atoms with van der Waals surface area (Å²) in [5.74, 6) is 0.552.